The Kier molecular flexibility index (Phi) is 4.15. The highest BCUT2D eigenvalue weighted by molar-refractivity contribution is 9.10. The summed E-state index contributed by atoms with van der Waals surface area (Å²) in [4.78, 5) is 6.94. The van der Waals surface area contributed by atoms with Crippen LogP contribution in [0.2, 0.25) is 5.02 Å². The average Bonchev–Trinajstić information content (AvgIpc) is 2.47. The first-order chi connectivity index (χ1) is 9.67. The molecule has 1 aromatic heterocycles. The molecule has 0 saturated carbocycles. The normalized spacial score (nSPS) is 19.6. The van der Waals surface area contributed by atoms with Crippen molar-refractivity contribution in [1.29, 1.82) is 0 Å². The van der Waals surface area contributed by atoms with Crippen LogP contribution in [0, 0.1) is 5.92 Å². The van der Waals surface area contributed by atoms with Crippen LogP contribution < -0.4 is 4.90 Å². The molecule has 2 heterocycles. The standard InChI is InChI=1S/C15H16BrClN2O/c16-12-6-11-3-4-14(18-15(11)13(17)7-12)19-5-1-2-10(8-19)9-20/h3-4,6-7,10,20H,1-2,5,8-9H2. The van der Waals surface area contributed by atoms with Gasteiger partial charge >= 0.3 is 0 Å². The van der Waals surface area contributed by atoms with Gasteiger partial charge in [0.25, 0.3) is 0 Å². The highest BCUT2D eigenvalue weighted by atomic mass is 79.9. The van der Waals surface area contributed by atoms with E-state index in [1.807, 2.05) is 18.2 Å². The molecule has 1 fully saturated rings. The fourth-order valence-corrected chi connectivity index (χ4v) is 3.62. The Hall–Kier alpha value is -0.840. The van der Waals surface area contributed by atoms with Crippen molar-refractivity contribution < 1.29 is 5.11 Å². The van der Waals surface area contributed by atoms with Crippen molar-refractivity contribution in [3.05, 3.63) is 33.8 Å². The van der Waals surface area contributed by atoms with Crippen LogP contribution in [-0.4, -0.2) is 29.8 Å². The quantitative estimate of drug-likeness (QED) is 0.888. The summed E-state index contributed by atoms with van der Waals surface area (Å²) < 4.78 is 0.961. The van der Waals surface area contributed by atoms with Gasteiger partial charge in [-0.1, -0.05) is 27.5 Å². The zero-order valence-corrected chi connectivity index (χ0v) is 13.4. The predicted octanol–water partition coefficient (Wildman–Crippen LogP) is 3.86. The van der Waals surface area contributed by atoms with Crippen LogP contribution in [0.1, 0.15) is 12.8 Å². The fourth-order valence-electron chi connectivity index (χ4n) is 2.75. The van der Waals surface area contributed by atoms with Gasteiger partial charge in [0.1, 0.15) is 5.82 Å². The Morgan fingerprint density at radius 2 is 2.25 bits per heavy atom. The highest BCUT2D eigenvalue weighted by Gasteiger charge is 2.20. The molecule has 0 bridgehead atoms. The molecule has 1 aliphatic heterocycles. The summed E-state index contributed by atoms with van der Waals surface area (Å²) in [6, 6.07) is 7.97. The number of aromatic nitrogens is 1. The summed E-state index contributed by atoms with van der Waals surface area (Å²) in [5, 5.41) is 11.0. The van der Waals surface area contributed by atoms with Gasteiger partial charge in [-0.2, -0.15) is 0 Å². The van der Waals surface area contributed by atoms with Crippen molar-refractivity contribution in [2.75, 3.05) is 24.6 Å². The number of piperidine rings is 1. The second kappa shape index (κ2) is 5.88. The van der Waals surface area contributed by atoms with Gasteiger partial charge in [-0.05, 0) is 43.0 Å². The smallest absolute Gasteiger partial charge is 0.129 e. The van der Waals surface area contributed by atoms with E-state index in [-0.39, 0.29) is 6.61 Å². The van der Waals surface area contributed by atoms with E-state index in [2.05, 4.69) is 26.9 Å². The van der Waals surface area contributed by atoms with Crippen molar-refractivity contribution >= 4 is 44.3 Å². The van der Waals surface area contributed by atoms with Gasteiger partial charge in [0.2, 0.25) is 0 Å². The summed E-state index contributed by atoms with van der Waals surface area (Å²) >= 11 is 9.72. The molecule has 0 spiro atoms. The molecule has 106 valence electrons. The van der Waals surface area contributed by atoms with Crippen LogP contribution in [0.25, 0.3) is 10.9 Å². The number of nitrogens with zero attached hydrogens (tertiary/aromatic N) is 2. The number of pyridine rings is 1. The van der Waals surface area contributed by atoms with Gasteiger partial charge in [0.05, 0.1) is 10.5 Å². The van der Waals surface area contributed by atoms with Crippen molar-refractivity contribution in [2.24, 2.45) is 5.92 Å². The number of hydrogen-bond acceptors (Lipinski definition) is 3. The molecule has 1 atom stereocenters. The van der Waals surface area contributed by atoms with Crippen LogP contribution in [0.15, 0.2) is 28.7 Å². The molecule has 1 N–H and O–H groups in total. The third kappa shape index (κ3) is 2.78. The van der Waals surface area contributed by atoms with Crippen LogP contribution in [-0.2, 0) is 0 Å². The van der Waals surface area contributed by atoms with Gasteiger partial charge in [-0.15, -0.1) is 0 Å². The summed E-state index contributed by atoms with van der Waals surface area (Å²) in [6.45, 7) is 2.10. The van der Waals surface area contributed by atoms with E-state index < -0.39 is 0 Å². The molecule has 5 heteroatoms. The molecular formula is C15H16BrClN2O. The third-order valence-electron chi connectivity index (χ3n) is 3.80. The van der Waals surface area contributed by atoms with Crippen LogP contribution in [0.4, 0.5) is 5.82 Å². The lowest BCUT2D eigenvalue weighted by molar-refractivity contribution is 0.208. The maximum absolute atomic E-state index is 9.33. The first kappa shape index (κ1) is 14.1. The van der Waals surface area contributed by atoms with Crippen LogP contribution in [0.3, 0.4) is 0 Å². The Morgan fingerprint density at radius 3 is 3.05 bits per heavy atom. The maximum Gasteiger partial charge on any atom is 0.129 e. The molecule has 0 radical (unpaired) electrons. The minimum Gasteiger partial charge on any atom is -0.396 e. The number of aliphatic hydroxyl groups excluding tert-OH is 1. The summed E-state index contributed by atoms with van der Waals surface area (Å²) in [5.41, 5.74) is 0.832. The number of fused-ring (bicyclic) bond motifs is 1. The SMILES string of the molecule is OCC1CCCN(c2ccc3cc(Br)cc(Cl)c3n2)C1. The summed E-state index contributed by atoms with van der Waals surface area (Å²) in [6.07, 6.45) is 2.19. The molecular weight excluding hydrogens is 340 g/mol. The minimum atomic E-state index is 0.248. The lowest BCUT2D eigenvalue weighted by Gasteiger charge is -2.32. The molecule has 1 aromatic carbocycles. The second-order valence-electron chi connectivity index (χ2n) is 5.27. The predicted molar refractivity (Wildman–Crippen MR) is 86.5 cm³/mol. The van der Waals surface area contributed by atoms with E-state index in [1.54, 1.807) is 0 Å². The topological polar surface area (TPSA) is 36.4 Å². The van der Waals surface area contributed by atoms with E-state index in [9.17, 15) is 5.11 Å². The Morgan fingerprint density at radius 1 is 1.40 bits per heavy atom. The molecule has 1 saturated heterocycles. The fraction of sp³-hybridized carbons (Fsp3) is 0.400. The number of anilines is 1. The molecule has 1 aliphatic rings. The summed E-state index contributed by atoms with van der Waals surface area (Å²) in [7, 11) is 0. The highest BCUT2D eigenvalue weighted by Crippen LogP contribution is 2.30. The van der Waals surface area contributed by atoms with Crippen molar-refractivity contribution in [3.63, 3.8) is 0 Å². The van der Waals surface area contributed by atoms with Gasteiger partial charge < -0.3 is 10.0 Å². The van der Waals surface area contributed by atoms with Crippen molar-refractivity contribution in [3.8, 4) is 0 Å². The van der Waals surface area contributed by atoms with Gasteiger partial charge in [0.15, 0.2) is 0 Å². The molecule has 20 heavy (non-hydrogen) atoms. The zero-order chi connectivity index (χ0) is 14.1. The zero-order valence-electron chi connectivity index (χ0n) is 11.0. The van der Waals surface area contributed by atoms with Crippen molar-refractivity contribution in [2.45, 2.75) is 12.8 Å². The van der Waals surface area contributed by atoms with E-state index >= 15 is 0 Å². The van der Waals surface area contributed by atoms with Crippen LogP contribution >= 0.6 is 27.5 Å². The maximum atomic E-state index is 9.33. The van der Waals surface area contributed by atoms with Gasteiger partial charge in [-0.3, -0.25) is 0 Å². The number of halogens is 2. The van der Waals surface area contributed by atoms with E-state index in [0.29, 0.717) is 10.9 Å². The number of benzene rings is 1. The van der Waals surface area contributed by atoms with Crippen LogP contribution in [0.5, 0.6) is 0 Å². The first-order valence-electron chi connectivity index (χ1n) is 6.79. The number of aliphatic hydroxyl groups is 1. The number of rotatable bonds is 2. The lowest BCUT2D eigenvalue weighted by atomic mass is 9.99. The molecule has 3 rings (SSSR count). The monoisotopic (exact) mass is 354 g/mol. The Balaban J connectivity index is 1.96. The molecule has 0 aliphatic carbocycles. The third-order valence-corrected chi connectivity index (χ3v) is 4.54. The van der Waals surface area contributed by atoms with E-state index in [4.69, 9.17) is 16.6 Å². The summed E-state index contributed by atoms with van der Waals surface area (Å²) in [5.74, 6) is 1.29. The largest absolute Gasteiger partial charge is 0.396 e. The number of hydrogen-bond donors (Lipinski definition) is 1. The van der Waals surface area contributed by atoms with Crippen molar-refractivity contribution in [1.82, 2.24) is 4.98 Å². The second-order valence-corrected chi connectivity index (χ2v) is 6.59. The lowest BCUT2D eigenvalue weighted by Crippen LogP contribution is -2.37. The average molecular weight is 356 g/mol. The first-order valence-corrected chi connectivity index (χ1v) is 7.96. The van der Waals surface area contributed by atoms with E-state index in [1.165, 1.54) is 0 Å². The molecule has 0 amide bonds. The van der Waals surface area contributed by atoms with Gasteiger partial charge in [-0.25, -0.2) is 4.98 Å². The molecule has 3 nitrogen and oxygen atoms in total. The molecule has 1 unspecified atom stereocenters. The van der Waals surface area contributed by atoms with Gasteiger partial charge in [0, 0.05) is 29.6 Å². The van der Waals surface area contributed by atoms with E-state index in [0.717, 1.165) is 47.1 Å². The minimum absolute atomic E-state index is 0.248. The molecule has 2 aromatic rings. The Labute approximate surface area is 131 Å². The Bertz CT molecular complexity index is 635.